The number of rotatable bonds is 11. The van der Waals surface area contributed by atoms with Gasteiger partial charge in [0.2, 0.25) is 0 Å². The van der Waals surface area contributed by atoms with Crippen LogP contribution in [-0.4, -0.2) is 40.0 Å². The maximum Gasteiger partial charge on any atom is 0.146 e. The fourth-order valence-electron chi connectivity index (χ4n) is 2.24. The van der Waals surface area contributed by atoms with Gasteiger partial charge >= 0.3 is 0 Å². The number of benzene rings is 1. The molecule has 0 fully saturated rings. The van der Waals surface area contributed by atoms with E-state index in [0.29, 0.717) is 13.2 Å². The zero-order chi connectivity index (χ0) is 16.4. The molecule has 124 valence electrons. The Balaban J connectivity index is 2.44. The second-order valence-corrected chi connectivity index (χ2v) is 5.37. The van der Waals surface area contributed by atoms with Crippen molar-refractivity contribution in [2.75, 3.05) is 27.6 Å². The van der Waals surface area contributed by atoms with Crippen molar-refractivity contribution in [3.8, 4) is 5.75 Å². The van der Waals surface area contributed by atoms with E-state index in [1.54, 1.807) is 14.2 Å². The maximum absolute atomic E-state index is 11.0. The summed E-state index contributed by atoms with van der Waals surface area (Å²) in [5.74, 6) is 0.716. The normalized spacial score (nSPS) is 15.1. The fourth-order valence-corrected chi connectivity index (χ4v) is 2.24. The molecule has 0 amide bonds. The smallest absolute Gasteiger partial charge is 0.146 e. The number of methoxy groups -OCH3 is 2. The highest BCUT2D eigenvalue weighted by Crippen LogP contribution is 2.18. The Hall–Kier alpha value is -1.43. The van der Waals surface area contributed by atoms with Crippen LogP contribution in [0.5, 0.6) is 5.75 Å². The van der Waals surface area contributed by atoms with E-state index in [1.165, 1.54) is 0 Å². The van der Waals surface area contributed by atoms with Gasteiger partial charge in [-0.2, -0.15) is 0 Å². The predicted octanol–water partition coefficient (Wildman–Crippen LogP) is 2.67. The van der Waals surface area contributed by atoms with Gasteiger partial charge in [0.05, 0.1) is 26.4 Å². The molecule has 5 heteroatoms. The van der Waals surface area contributed by atoms with Crippen molar-refractivity contribution in [2.24, 2.45) is 11.8 Å². The Kier molecular flexibility index (Phi) is 8.74. The Morgan fingerprint density at radius 1 is 1.14 bits per heavy atom. The summed E-state index contributed by atoms with van der Waals surface area (Å²) in [6.07, 6.45) is 0.689. The molecule has 0 spiro atoms. The summed E-state index contributed by atoms with van der Waals surface area (Å²) >= 11 is 0. The molecular weight excluding hydrogens is 284 g/mol. The second-order valence-electron chi connectivity index (χ2n) is 5.37. The molecule has 0 aliphatic carbocycles. The highest BCUT2D eigenvalue weighted by Gasteiger charge is 2.24. The first kappa shape index (κ1) is 18.6. The van der Waals surface area contributed by atoms with Crippen LogP contribution >= 0.6 is 0 Å². The largest absolute Gasteiger partial charge is 0.497 e. The molecule has 1 rings (SSSR count). The molecule has 0 aliphatic heterocycles. The van der Waals surface area contributed by atoms with Gasteiger partial charge in [0, 0.05) is 18.9 Å². The topological polar surface area (TPSA) is 54.0 Å². The van der Waals surface area contributed by atoms with Crippen LogP contribution in [0.15, 0.2) is 24.3 Å². The number of hydrogen-bond acceptors (Lipinski definition) is 5. The fraction of sp³-hybridized carbons (Fsp3) is 0.588. The summed E-state index contributed by atoms with van der Waals surface area (Å²) in [5.41, 5.74) is 1.07. The van der Waals surface area contributed by atoms with E-state index >= 15 is 0 Å². The molecule has 0 radical (unpaired) electrons. The van der Waals surface area contributed by atoms with E-state index in [9.17, 15) is 4.79 Å². The van der Waals surface area contributed by atoms with Crippen LogP contribution < -0.4 is 4.74 Å². The SMILES string of the molecule is COCO[C@H]([C@@H](C)C=O)[C@@H](C)COCc1ccc(OC)cc1. The lowest BCUT2D eigenvalue weighted by atomic mass is 9.95. The first-order chi connectivity index (χ1) is 10.6. The number of carbonyl (C=O) groups is 1. The van der Waals surface area contributed by atoms with Crippen molar-refractivity contribution >= 4 is 6.29 Å². The van der Waals surface area contributed by atoms with Gasteiger partial charge in [-0.15, -0.1) is 0 Å². The first-order valence-corrected chi connectivity index (χ1v) is 7.38. The van der Waals surface area contributed by atoms with Gasteiger partial charge in [-0.1, -0.05) is 26.0 Å². The predicted molar refractivity (Wildman–Crippen MR) is 83.8 cm³/mol. The van der Waals surface area contributed by atoms with E-state index in [-0.39, 0.29) is 24.7 Å². The van der Waals surface area contributed by atoms with Gasteiger partial charge in [0.1, 0.15) is 18.8 Å². The Morgan fingerprint density at radius 2 is 1.82 bits per heavy atom. The standard InChI is InChI=1S/C17H26O5/c1-13(9-18)17(22-12-19-3)14(2)10-21-11-15-5-7-16(20-4)8-6-15/h5-9,13-14,17H,10-12H2,1-4H3/t13-,14-,17+/m0/s1. The van der Waals surface area contributed by atoms with Crippen molar-refractivity contribution in [3.63, 3.8) is 0 Å². The van der Waals surface area contributed by atoms with Gasteiger partial charge in [-0.3, -0.25) is 0 Å². The molecular formula is C17H26O5. The lowest BCUT2D eigenvalue weighted by molar-refractivity contribution is -0.133. The zero-order valence-corrected chi connectivity index (χ0v) is 13.8. The molecule has 3 atom stereocenters. The van der Waals surface area contributed by atoms with E-state index in [2.05, 4.69) is 0 Å². The molecule has 0 saturated carbocycles. The first-order valence-electron chi connectivity index (χ1n) is 7.38. The van der Waals surface area contributed by atoms with E-state index in [4.69, 9.17) is 18.9 Å². The summed E-state index contributed by atoms with van der Waals surface area (Å²) in [4.78, 5) is 11.0. The molecule has 0 unspecified atom stereocenters. The number of aldehydes is 1. The van der Waals surface area contributed by atoms with E-state index < -0.39 is 0 Å². The van der Waals surface area contributed by atoms with Crippen LogP contribution in [0.3, 0.4) is 0 Å². The Bertz CT molecular complexity index is 418. The second kappa shape index (κ2) is 10.3. The Morgan fingerprint density at radius 3 is 2.36 bits per heavy atom. The van der Waals surface area contributed by atoms with E-state index in [1.807, 2.05) is 38.1 Å². The molecule has 0 bridgehead atoms. The third-order valence-electron chi connectivity index (χ3n) is 3.48. The number of ether oxygens (including phenoxy) is 4. The van der Waals surface area contributed by atoms with Crippen molar-refractivity contribution in [1.29, 1.82) is 0 Å². The van der Waals surface area contributed by atoms with Gasteiger partial charge in [-0.25, -0.2) is 0 Å². The average Bonchev–Trinajstić information content (AvgIpc) is 2.55. The van der Waals surface area contributed by atoms with Crippen LogP contribution in [0.25, 0.3) is 0 Å². The minimum atomic E-state index is -0.215. The summed E-state index contributed by atoms with van der Waals surface area (Å²) in [6, 6.07) is 7.75. The summed E-state index contributed by atoms with van der Waals surface area (Å²) in [6.45, 7) is 5.05. The third-order valence-corrected chi connectivity index (χ3v) is 3.48. The highest BCUT2D eigenvalue weighted by molar-refractivity contribution is 5.53. The molecule has 5 nitrogen and oxygen atoms in total. The van der Waals surface area contributed by atoms with Crippen molar-refractivity contribution in [2.45, 2.75) is 26.6 Å². The lowest BCUT2D eigenvalue weighted by Gasteiger charge is -2.26. The average molecular weight is 310 g/mol. The van der Waals surface area contributed by atoms with Gasteiger partial charge < -0.3 is 23.7 Å². The summed E-state index contributed by atoms with van der Waals surface area (Å²) < 4.78 is 21.4. The monoisotopic (exact) mass is 310 g/mol. The highest BCUT2D eigenvalue weighted by atomic mass is 16.7. The molecule has 22 heavy (non-hydrogen) atoms. The third kappa shape index (κ3) is 6.13. The minimum absolute atomic E-state index is 0.0913. The van der Waals surface area contributed by atoms with Crippen LogP contribution in [0, 0.1) is 11.8 Å². The molecule has 0 heterocycles. The molecule has 0 aromatic heterocycles. The van der Waals surface area contributed by atoms with E-state index in [0.717, 1.165) is 17.6 Å². The lowest BCUT2D eigenvalue weighted by Crippen LogP contribution is -2.33. The maximum atomic E-state index is 11.0. The minimum Gasteiger partial charge on any atom is -0.497 e. The van der Waals surface area contributed by atoms with Crippen LogP contribution in [-0.2, 0) is 25.6 Å². The molecule has 0 aliphatic rings. The van der Waals surface area contributed by atoms with Crippen LogP contribution in [0.1, 0.15) is 19.4 Å². The number of hydrogen-bond donors (Lipinski definition) is 0. The Labute approximate surface area is 132 Å². The number of carbonyl (C=O) groups excluding carboxylic acids is 1. The molecule has 0 N–H and O–H groups in total. The quantitative estimate of drug-likeness (QED) is 0.464. The molecule has 1 aromatic rings. The van der Waals surface area contributed by atoms with Crippen molar-refractivity contribution < 1.29 is 23.7 Å². The van der Waals surface area contributed by atoms with Gasteiger partial charge in [0.15, 0.2) is 0 Å². The molecule has 0 saturated heterocycles. The van der Waals surface area contributed by atoms with Crippen LogP contribution in [0.2, 0.25) is 0 Å². The van der Waals surface area contributed by atoms with Crippen molar-refractivity contribution in [3.05, 3.63) is 29.8 Å². The zero-order valence-electron chi connectivity index (χ0n) is 13.8. The molecule has 1 aromatic carbocycles. The van der Waals surface area contributed by atoms with Crippen molar-refractivity contribution in [1.82, 2.24) is 0 Å². The van der Waals surface area contributed by atoms with Gasteiger partial charge in [-0.05, 0) is 17.7 Å². The summed E-state index contributed by atoms with van der Waals surface area (Å²) in [7, 11) is 3.20. The van der Waals surface area contributed by atoms with Crippen LogP contribution in [0.4, 0.5) is 0 Å². The summed E-state index contributed by atoms with van der Waals surface area (Å²) in [5, 5.41) is 0. The van der Waals surface area contributed by atoms with Gasteiger partial charge in [0.25, 0.3) is 0 Å².